The highest BCUT2D eigenvalue weighted by Gasteiger charge is 2.47. The summed E-state index contributed by atoms with van der Waals surface area (Å²) in [5, 5.41) is 34.8. The van der Waals surface area contributed by atoms with Gasteiger partial charge in [-0.2, -0.15) is 13.2 Å². The fourth-order valence-electron chi connectivity index (χ4n) is 2.33. The van der Waals surface area contributed by atoms with Crippen LogP contribution in [0.1, 0.15) is 6.92 Å². The van der Waals surface area contributed by atoms with Crippen molar-refractivity contribution in [2.45, 2.75) is 29.7 Å². The van der Waals surface area contributed by atoms with Crippen molar-refractivity contribution >= 4 is 26.9 Å². The van der Waals surface area contributed by atoms with Crippen molar-refractivity contribution in [1.29, 1.82) is 0 Å². The summed E-state index contributed by atoms with van der Waals surface area (Å²) < 4.78 is 66.5. The predicted octanol–water partition coefficient (Wildman–Crippen LogP) is 2.99. The van der Waals surface area contributed by atoms with E-state index < -0.39 is 59.5 Å². The number of sulfone groups is 1. The van der Waals surface area contributed by atoms with Gasteiger partial charge in [-0.25, -0.2) is 8.42 Å². The number of halogens is 3. The molecule has 0 bridgehead atoms. The van der Waals surface area contributed by atoms with Gasteiger partial charge in [0.2, 0.25) is 0 Å². The first kappa shape index (κ1) is 23.8. The highest BCUT2D eigenvalue weighted by Crippen LogP contribution is 2.36. The molecule has 2 N–H and O–H groups in total. The van der Waals surface area contributed by atoms with Crippen molar-refractivity contribution in [2.24, 2.45) is 0 Å². The molecule has 31 heavy (non-hydrogen) atoms. The normalized spacial score (nSPS) is 13.8. The molecule has 2 atom stereocenters. The number of rotatable bonds is 8. The topological polar surface area (TPSA) is 162 Å². The molecule has 0 fully saturated rings. The molecule has 0 aliphatic rings. The van der Waals surface area contributed by atoms with Gasteiger partial charge in [-0.3, -0.25) is 20.2 Å². The minimum Gasteiger partial charge on any atom is -0.461 e. The number of nitrogens with one attached hydrogen (secondary N) is 1. The first-order valence-corrected chi connectivity index (χ1v) is 9.68. The number of nitro groups is 2. The van der Waals surface area contributed by atoms with Crippen LogP contribution in [0.25, 0.3) is 0 Å². The summed E-state index contributed by atoms with van der Waals surface area (Å²) in [5.41, 5.74) is -7.32. The summed E-state index contributed by atoms with van der Waals surface area (Å²) in [7, 11) is -5.86. The van der Waals surface area contributed by atoms with Crippen molar-refractivity contribution < 1.29 is 41.3 Å². The molecular weight excluding hydrogens is 451 g/mol. The lowest BCUT2D eigenvalue weighted by atomic mass is 10.2. The van der Waals surface area contributed by atoms with E-state index in [0.29, 0.717) is 12.1 Å². The predicted molar refractivity (Wildman–Crippen MR) is 99.2 cm³/mol. The van der Waals surface area contributed by atoms with E-state index >= 15 is 0 Å². The molecule has 168 valence electrons. The number of hydrogen-bond donors (Lipinski definition) is 2. The van der Waals surface area contributed by atoms with Crippen molar-refractivity contribution in [3.63, 3.8) is 0 Å². The first-order chi connectivity index (χ1) is 14.3. The van der Waals surface area contributed by atoms with Gasteiger partial charge < -0.3 is 15.2 Å². The number of nitrogens with zero attached hydrogens (tertiary/aromatic N) is 2. The third-order valence-electron chi connectivity index (χ3n) is 3.83. The van der Waals surface area contributed by atoms with Crippen LogP contribution in [0.4, 0.5) is 30.2 Å². The second-order valence-electron chi connectivity index (χ2n) is 6.03. The Balaban J connectivity index is 2.45. The summed E-state index contributed by atoms with van der Waals surface area (Å²) in [4.78, 5) is 19.1. The number of para-hydroxylation sites is 2. The number of nitro benzene ring substituents is 2. The molecule has 0 aliphatic heterocycles. The van der Waals surface area contributed by atoms with Crippen LogP contribution in [-0.2, 0) is 9.84 Å². The van der Waals surface area contributed by atoms with E-state index in [1.807, 2.05) is 0 Å². The highest BCUT2D eigenvalue weighted by atomic mass is 32.2. The number of ether oxygens (including phenoxy) is 1. The van der Waals surface area contributed by atoms with E-state index in [-0.39, 0.29) is 11.8 Å². The molecule has 2 rings (SSSR count). The Bertz CT molecular complexity index is 1110. The molecule has 0 saturated carbocycles. The molecule has 0 amide bonds. The van der Waals surface area contributed by atoms with Gasteiger partial charge in [-0.1, -0.05) is 12.1 Å². The Morgan fingerprint density at radius 3 is 2.16 bits per heavy atom. The van der Waals surface area contributed by atoms with Crippen LogP contribution in [0.2, 0.25) is 0 Å². The van der Waals surface area contributed by atoms with Crippen LogP contribution in [0, 0.1) is 20.2 Å². The van der Waals surface area contributed by atoms with E-state index in [1.54, 1.807) is 0 Å². The Labute approximate surface area is 172 Å². The number of anilines is 1. The SMILES string of the molecule is CC(O)C(Nc1ccccc1[N+](=O)[O-])Oc1ccc(S(=O)(=O)C(F)(F)F)cc1[N+](=O)[O-]. The maximum atomic E-state index is 12.7. The number of aliphatic hydroxyl groups excluding tert-OH is 1. The summed E-state index contributed by atoms with van der Waals surface area (Å²) in [5.74, 6) is -0.678. The average Bonchev–Trinajstić information content (AvgIpc) is 2.66. The van der Waals surface area contributed by atoms with Gasteiger partial charge in [0, 0.05) is 12.1 Å². The molecule has 2 aromatic rings. The summed E-state index contributed by atoms with van der Waals surface area (Å²) in [6.07, 6.45) is -2.94. The first-order valence-electron chi connectivity index (χ1n) is 8.20. The van der Waals surface area contributed by atoms with Gasteiger partial charge in [0.1, 0.15) is 11.8 Å². The van der Waals surface area contributed by atoms with Gasteiger partial charge in [-0.15, -0.1) is 0 Å². The van der Waals surface area contributed by atoms with E-state index in [9.17, 15) is 46.9 Å². The Kier molecular flexibility index (Phi) is 6.70. The van der Waals surface area contributed by atoms with Crippen LogP contribution < -0.4 is 10.1 Å². The van der Waals surface area contributed by atoms with Crippen molar-refractivity contribution in [2.75, 3.05) is 5.32 Å². The highest BCUT2D eigenvalue weighted by molar-refractivity contribution is 7.92. The maximum Gasteiger partial charge on any atom is 0.501 e. The van der Waals surface area contributed by atoms with Crippen LogP contribution in [-0.4, -0.2) is 41.2 Å². The molecule has 0 spiro atoms. The van der Waals surface area contributed by atoms with Crippen LogP contribution in [0.3, 0.4) is 0 Å². The monoisotopic (exact) mass is 465 g/mol. The summed E-state index contributed by atoms with van der Waals surface area (Å²) in [6, 6.07) is 6.44. The van der Waals surface area contributed by atoms with Gasteiger partial charge >= 0.3 is 11.2 Å². The minimum atomic E-state index is -5.86. The lowest BCUT2D eigenvalue weighted by Crippen LogP contribution is -2.37. The van der Waals surface area contributed by atoms with Gasteiger partial charge in [0.15, 0.2) is 12.0 Å². The fourth-order valence-corrected chi connectivity index (χ4v) is 3.12. The maximum absolute atomic E-state index is 12.7. The fraction of sp³-hybridized carbons (Fsp3) is 0.250. The molecular formula is C16H14F3N3O8S. The number of aliphatic hydroxyl groups is 1. The lowest BCUT2D eigenvalue weighted by molar-refractivity contribution is -0.386. The number of benzene rings is 2. The smallest absolute Gasteiger partial charge is 0.461 e. The van der Waals surface area contributed by atoms with E-state index in [2.05, 4.69) is 5.32 Å². The van der Waals surface area contributed by atoms with E-state index in [4.69, 9.17) is 4.74 Å². The molecule has 2 aromatic carbocycles. The van der Waals surface area contributed by atoms with Crippen molar-refractivity contribution in [3.8, 4) is 5.75 Å². The minimum absolute atomic E-state index is 0.114. The zero-order chi connectivity index (χ0) is 23.6. The molecule has 0 heterocycles. The summed E-state index contributed by atoms with van der Waals surface area (Å²) >= 11 is 0. The quantitative estimate of drug-likeness (QED) is 0.339. The number of alkyl halides is 3. The molecule has 0 aliphatic carbocycles. The number of hydrogen-bond acceptors (Lipinski definition) is 9. The Morgan fingerprint density at radius 1 is 1.06 bits per heavy atom. The van der Waals surface area contributed by atoms with Gasteiger partial charge in [-0.05, 0) is 25.1 Å². The van der Waals surface area contributed by atoms with Crippen molar-refractivity contribution in [3.05, 3.63) is 62.7 Å². The lowest BCUT2D eigenvalue weighted by Gasteiger charge is -2.23. The molecule has 0 saturated heterocycles. The zero-order valence-electron chi connectivity index (χ0n) is 15.4. The van der Waals surface area contributed by atoms with Crippen LogP contribution in [0.5, 0.6) is 5.75 Å². The van der Waals surface area contributed by atoms with Gasteiger partial charge in [0.05, 0.1) is 14.7 Å². The average molecular weight is 465 g/mol. The Morgan fingerprint density at radius 2 is 1.65 bits per heavy atom. The third-order valence-corrected chi connectivity index (χ3v) is 5.32. The molecule has 2 unspecified atom stereocenters. The van der Waals surface area contributed by atoms with Crippen molar-refractivity contribution in [1.82, 2.24) is 0 Å². The van der Waals surface area contributed by atoms with Gasteiger partial charge in [0.25, 0.3) is 15.5 Å². The summed E-state index contributed by atoms with van der Waals surface area (Å²) in [6.45, 7) is 1.18. The largest absolute Gasteiger partial charge is 0.501 e. The molecule has 0 aromatic heterocycles. The van der Waals surface area contributed by atoms with Crippen LogP contribution in [0.15, 0.2) is 47.4 Å². The van der Waals surface area contributed by atoms with Crippen LogP contribution >= 0.6 is 0 Å². The third kappa shape index (κ3) is 5.18. The molecule has 0 radical (unpaired) electrons. The molecule has 11 nitrogen and oxygen atoms in total. The molecule has 15 heteroatoms. The van der Waals surface area contributed by atoms with E-state index in [0.717, 1.165) is 6.07 Å². The standard InChI is InChI=1S/C16H14F3N3O8S/c1-9(23)15(20-11-4-2-3-5-12(11)21(24)25)30-14-7-6-10(8-13(14)22(26)27)31(28,29)16(17,18)19/h2-9,15,20,23H,1H3. The second-order valence-corrected chi connectivity index (χ2v) is 7.97. The second kappa shape index (κ2) is 8.73. The zero-order valence-corrected chi connectivity index (χ0v) is 16.3. The Hall–Kier alpha value is -3.46. The van der Waals surface area contributed by atoms with E-state index in [1.165, 1.54) is 25.1 Å².